The molecule has 202 valence electrons. The molecule has 1 atom stereocenters. The highest BCUT2D eigenvalue weighted by atomic mass is 16.6. The Morgan fingerprint density at radius 1 is 1.13 bits per heavy atom. The fraction of sp³-hybridized carbons (Fsp3) is 0.429. The number of esters is 1. The second-order valence-electron chi connectivity index (χ2n) is 10.1. The molecule has 0 aliphatic carbocycles. The molecular weight excluding hydrogens is 486 g/mol. The highest BCUT2D eigenvalue weighted by molar-refractivity contribution is 5.97. The van der Waals surface area contributed by atoms with Gasteiger partial charge in [0.15, 0.2) is 11.5 Å². The largest absolute Gasteiger partial charge is 0.494 e. The summed E-state index contributed by atoms with van der Waals surface area (Å²) in [6, 6.07) is 14.5. The van der Waals surface area contributed by atoms with Crippen molar-refractivity contribution in [3.8, 4) is 5.75 Å². The summed E-state index contributed by atoms with van der Waals surface area (Å²) >= 11 is 0. The number of carbonyl (C=O) groups excluding carboxylic acids is 2. The molecule has 1 amide bonds. The quantitative estimate of drug-likeness (QED) is 0.272. The molecule has 1 aromatic heterocycles. The fourth-order valence-electron chi connectivity index (χ4n) is 3.84. The lowest BCUT2D eigenvalue weighted by Gasteiger charge is -2.24. The molecule has 0 bridgehead atoms. The van der Waals surface area contributed by atoms with Crippen LogP contribution in [0.4, 0.5) is 6.01 Å². The predicted molar refractivity (Wildman–Crippen MR) is 145 cm³/mol. The van der Waals surface area contributed by atoms with Gasteiger partial charge >= 0.3 is 5.97 Å². The number of guanidine groups is 1. The molecule has 0 unspecified atom stereocenters. The zero-order chi connectivity index (χ0) is 27.0. The van der Waals surface area contributed by atoms with Crippen molar-refractivity contribution in [3.05, 3.63) is 54.1 Å². The number of nitrogens with zero attached hydrogens (tertiary/aromatic N) is 2. The third-order valence-corrected chi connectivity index (χ3v) is 5.62. The molecular formula is C28H35N5O5. The van der Waals surface area contributed by atoms with Gasteiger partial charge in [-0.2, -0.15) is 4.98 Å². The van der Waals surface area contributed by atoms with Crippen molar-refractivity contribution in [2.75, 3.05) is 25.0 Å². The highest BCUT2D eigenvalue weighted by Crippen LogP contribution is 2.21. The number of oxazole rings is 1. The fourth-order valence-corrected chi connectivity index (χ4v) is 3.84. The first-order valence-electron chi connectivity index (χ1n) is 12.9. The molecule has 1 aliphatic heterocycles. The predicted octanol–water partition coefficient (Wildman–Crippen LogP) is 3.82. The van der Waals surface area contributed by atoms with Gasteiger partial charge < -0.3 is 24.5 Å². The second-order valence-corrected chi connectivity index (χ2v) is 10.1. The minimum atomic E-state index is -0.698. The zero-order valence-corrected chi connectivity index (χ0v) is 22.1. The van der Waals surface area contributed by atoms with E-state index in [1.54, 1.807) is 0 Å². The Balaban J connectivity index is 1.30. The molecule has 38 heavy (non-hydrogen) atoms. The number of aliphatic imine (C=N–C) groups is 1. The molecule has 2 aromatic carbocycles. The van der Waals surface area contributed by atoms with Crippen molar-refractivity contribution in [2.45, 2.75) is 58.1 Å². The maximum Gasteiger partial charge on any atom is 0.329 e. The number of fused-ring (bicyclic) bond motifs is 1. The van der Waals surface area contributed by atoms with Crippen LogP contribution in [0.2, 0.25) is 0 Å². The Hall–Kier alpha value is -4.08. The van der Waals surface area contributed by atoms with Crippen molar-refractivity contribution < 1.29 is 23.5 Å². The van der Waals surface area contributed by atoms with Gasteiger partial charge in [0.1, 0.15) is 22.9 Å². The molecule has 0 fully saturated rings. The summed E-state index contributed by atoms with van der Waals surface area (Å²) < 4.78 is 17.2. The normalized spacial score (nSPS) is 14.2. The van der Waals surface area contributed by atoms with E-state index in [1.807, 2.05) is 69.3 Å². The van der Waals surface area contributed by atoms with Gasteiger partial charge in [0.2, 0.25) is 5.91 Å². The molecule has 10 nitrogen and oxygen atoms in total. The van der Waals surface area contributed by atoms with Crippen LogP contribution in [-0.2, 0) is 20.7 Å². The average Bonchev–Trinajstić information content (AvgIpc) is 3.29. The first-order chi connectivity index (χ1) is 18.2. The van der Waals surface area contributed by atoms with E-state index >= 15 is 0 Å². The Kier molecular flexibility index (Phi) is 8.83. The number of nitrogens with one attached hydrogen (secondary N) is 3. The van der Waals surface area contributed by atoms with Crippen molar-refractivity contribution in [3.63, 3.8) is 0 Å². The smallest absolute Gasteiger partial charge is 0.329 e. The number of benzene rings is 2. The summed E-state index contributed by atoms with van der Waals surface area (Å²) in [5, 5.41) is 8.95. The van der Waals surface area contributed by atoms with Crippen LogP contribution in [0, 0.1) is 0 Å². The molecule has 10 heteroatoms. The molecule has 1 aliphatic rings. The van der Waals surface area contributed by atoms with Gasteiger partial charge in [-0.3, -0.25) is 15.1 Å². The summed E-state index contributed by atoms with van der Waals surface area (Å²) in [5.41, 5.74) is 1.62. The van der Waals surface area contributed by atoms with Gasteiger partial charge in [-0.1, -0.05) is 24.3 Å². The number of anilines is 1. The average molecular weight is 522 g/mol. The van der Waals surface area contributed by atoms with Gasteiger partial charge in [0, 0.05) is 25.9 Å². The lowest BCUT2D eigenvalue weighted by Crippen LogP contribution is -2.43. The number of ether oxygens (including phenoxy) is 2. The molecule has 4 rings (SSSR count). The van der Waals surface area contributed by atoms with Crippen LogP contribution < -0.4 is 20.7 Å². The summed E-state index contributed by atoms with van der Waals surface area (Å²) in [6.45, 7) is 7.46. The summed E-state index contributed by atoms with van der Waals surface area (Å²) in [5.74, 6) is 0.755. The molecule has 0 radical (unpaired) electrons. The first kappa shape index (κ1) is 27.0. The van der Waals surface area contributed by atoms with Gasteiger partial charge in [-0.15, -0.1) is 0 Å². The van der Waals surface area contributed by atoms with Crippen molar-refractivity contribution in [2.24, 2.45) is 4.99 Å². The van der Waals surface area contributed by atoms with E-state index in [0.29, 0.717) is 48.7 Å². The Morgan fingerprint density at radius 3 is 2.63 bits per heavy atom. The van der Waals surface area contributed by atoms with Crippen molar-refractivity contribution >= 4 is 35.0 Å². The number of aromatic nitrogens is 1. The standard InChI is InChI=1S/C28H35N5O5/c1-28(2,3)38-25(35)22(32-27-31-21-8-4-5-9-23(21)37-27)18-19-11-13-20(14-12-19)36-17-6-10-24(34)33-26-29-15-7-16-30-26/h4-5,8-9,11-14,22H,6-7,10,15-18H2,1-3H3,(H,31,32)(H2,29,30,33,34)/t22-/m0/s1. The monoisotopic (exact) mass is 521 g/mol. The van der Waals surface area contributed by atoms with Gasteiger partial charge in [0.05, 0.1) is 6.61 Å². The third kappa shape index (κ3) is 8.22. The zero-order valence-electron chi connectivity index (χ0n) is 22.1. The number of para-hydroxylation sites is 2. The topological polar surface area (TPSA) is 127 Å². The highest BCUT2D eigenvalue weighted by Gasteiger charge is 2.27. The molecule has 3 aromatic rings. The van der Waals surface area contributed by atoms with E-state index in [1.165, 1.54) is 0 Å². The van der Waals surface area contributed by atoms with E-state index in [0.717, 1.165) is 25.1 Å². The summed E-state index contributed by atoms with van der Waals surface area (Å²) in [4.78, 5) is 33.7. The van der Waals surface area contributed by atoms with Crippen LogP contribution in [0.5, 0.6) is 5.75 Å². The van der Waals surface area contributed by atoms with Crippen molar-refractivity contribution in [1.29, 1.82) is 0 Å². The minimum absolute atomic E-state index is 0.0864. The lowest BCUT2D eigenvalue weighted by molar-refractivity contribution is -0.155. The summed E-state index contributed by atoms with van der Waals surface area (Å²) in [6.07, 6.45) is 2.27. The van der Waals surface area contributed by atoms with E-state index in [-0.39, 0.29) is 11.9 Å². The van der Waals surface area contributed by atoms with Gasteiger partial charge in [-0.05, 0) is 63.4 Å². The van der Waals surface area contributed by atoms with Crippen molar-refractivity contribution in [1.82, 2.24) is 15.6 Å². The van der Waals surface area contributed by atoms with Crippen LogP contribution in [0.15, 0.2) is 57.9 Å². The Bertz CT molecular complexity index is 1230. The molecule has 0 saturated heterocycles. The minimum Gasteiger partial charge on any atom is -0.494 e. The molecule has 2 heterocycles. The van der Waals surface area contributed by atoms with Gasteiger partial charge in [0.25, 0.3) is 6.01 Å². The van der Waals surface area contributed by atoms with Crippen LogP contribution in [-0.4, -0.2) is 54.2 Å². The maximum absolute atomic E-state index is 13.0. The first-order valence-corrected chi connectivity index (χ1v) is 12.9. The second kappa shape index (κ2) is 12.4. The van der Waals surface area contributed by atoms with Crippen LogP contribution in [0.3, 0.4) is 0 Å². The summed E-state index contributed by atoms with van der Waals surface area (Å²) in [7, 11) is 0. The number of rotatable bonds is 10. The Labute approximate surface area is 222 Å². The van der Waals surface area contributed by atoms with Gasteiger partial charge in [-0.25, -0.2) is 4.79 Å². The molecule has 0 saturated carbocycles. The van der Waals surface area contributed by atoms with Crippen LogP contribution >= 0.6 is 0 Å². The SMILES string of the molecule is CC(C)(C)OC(=O)[C@H](Cc1ccc(OCCCC(=O)NC2=NCCCN2)cc1)Nc1nc2ccccc2o1. The third-order valence-electron chi connectivity index (χ3n) is 5.62. The number of carbonyl (C=O) groups is 2. The maximum atomic E-state index is 13.0. The number of hydrogen-bond donors (Lipinski definition) is 3. The van der Waals surface area contributed by atoms with E-state index in [2.05, 4.69) is 25.9 Å². The molecule has 3 N–H and O–H groups in total. The Morgan fingerprint density at radius 2 is 1.92 bits per heavy atom. The lowest BCUT2D eigenvalue weighted by atomic mass is 10.1. The van der Waals surface area contributed by atoms with E-state index in [4.69, 9.17) is 13.9 Å². The number of amides is 1. The number of hydrogen-bond acceptors (Lipinski definition) is 9. The van der Waals surface area contributed by atoms with E-state index in [9.17, 15) is 9.59 Å². The van der Waals surface area contributed by atoms with E-state index < -0.39 is 17.6 Å². The van der Waals surface area contributed by atoms with Crippen LogP contribution in [0.25, 0.3) is 11.1 Å². The molecule has 0 spiro atoms. The van der Waals surface area contributed by atoms with Crippen LogP contribution in [0.1, 0.15) is 45.6 Å².